The number of hydrogen-bond acceptors (Lipinski definition) is 9. The number of piperazine rings is 2. The number of carbonyl (C=O) groups is 2. The van der Waals surface area contributed by atoms with E-state index < -0.39 is 0 Å². The lowest BCUT2D eigenvalue weighted by Crippen LogP contribution is -2.47. The van der Waals surface area contributed by atoms with E-state index in [2.05, 4.69) is 29.9 Å². The van der Waals surface area contributed by atoms with E-state index in [-0.39, 0.29) is 11.8 Å². The van der Waals surface area contributed by atoms with E-state index in [1.807, 2.05) is 30.5 Å². The topological polar surface area (TPSA) is 130 Å². The van der Waals surface area contributed by atoms with Crippen LogP contribution in [-0.2, 0) is 9.59 Å². The lowest BCUT2D eigenvalue weighted by Gasteiger charge is -2.34. The van der Waals surface area contributed by atoms with Crippen LogP contribution in [0.15, 0.2) is 36.2 Å². The fourth-order valence-corrected chi connectivity index (χ4v) is 6.54. The number of benzene rings is 1. The molecule has 11 heteroatoms. The average Bonchev–Trinajstić information content (AvgIpc) is 3.56. The van der Waals surface area contributed by atoms with Crippen molar-refractivity contribution < 1.29 is 9.59 Å². The highest BCUT2D eigenvalue weighted by molar-refractivity contribution is 6.37. The summed E-state index contributed by atoms with van der Waals surface area (Å²) in [5.74, 6) is -0.400. The predicted molar refractivity (Wildman–Crippen MR) is 172 cm³/mol. The fourth-order valence-electron chi connectivity index (χ4n) is 6.54. The zero-order valence-electron chi connectivity index (χ0n) is 25.7. The number of H-pyrrole nitrogens is 1. The Kier molecular flexibility index (Phi) is 11.6. The summed E-state index contributed by atoms with van der Waals surface area (Å²) < 4.78 is 0. The normalized spacial score (nSPS) is 19.8. The second-order valence-corrected chi connectivity index (χ2v) is 12.0. The Labute approximate surface area is 256 Å². The Morgan fingerprint density at radius 2 is 1.21 bits per heavy atom. The molecule has 1 aromatic heterocycles. The summed E-state index contributed by atoms with van der Waals surface area (Å²) in [4.78, 5) is 42.2. The molecule has 236 valence electrons. The molecule has 43 heavy (non-hydrogen) atoms. The molecule has 2 amide bonds. The lowest BCUT2D eigenvalue weighted by molar-refractivity contribution is -0.137. The number of nitrogens with zero attached hydrogens (tertiary/aromatic N) is 5. The number of fused-ring (bicyclic) bond motifs is 1. The van der Waals surface area contributed by atoms with Gasteiger partial charge in [0.05, 0.1) is 5.57 Å². The van der Waals surface area contributed by atoms with Crippen LogP contribution in [0.1, 0.15) is 31.2 Å². The lowest BCUT2D eigenvalue weighted by atomic mass is 10.0. The van der Waals surface area contributed by atoms with Gasteiger partial charge >= 0.3 is 0 Å². The largest absolute Gasteiger partial charge is 0.380 e. The molecule has 0 radical (unpaired) electrons. The van der Waals surface area contributed by atoms with E-state index in [0.717, 1.165) is 134 Å². The molecule has 3 aliphatic heterocycles. The van der Waals surface area contributed by atoms with Crippen molar-refractivity contribution in [1.29, 1.82) is 0 Å². The van der Waals surface area contributed by atoms with Crippen LogP contribution in [0.4, 0.5) is 0 Å². The van der Waals surface area contributed by atoms with Crippen molar-refractivity contribution >= 4 is 28.3 Å². The van der Waals surface area contributed by atoms with Crippen LogP contribution < -0.4 is 16.8 Å². The molecule has 2 aromatic rings. The van der Waals surface area contributed by atoms with Crippen molar-refractivity contribution in [2.75, 3.05) is 105 Å². The van der Waals surface area contributed by atoms with Gasteiger partial charge in [0.25, 0.3) is 11.8 Å². The first-order valence-corrected chi connectivity index (χ1v) is 16.3. The van der Waals surface area contributed by atoms with Crippen molar-refractivity contribution in [2.45, 2.75) is 25.7 Å². The molecule has 3 aliphatic rings. The molecule has 11 nitrogen and oxygen atoms in total. The summed E-state index contributed by atoms with van der Waals surface area (Å²) in [5.41, 5.74) is 14.0. The van der Waals surface area contributed by atoms with Crippen molar-refractivity contribution in [3.8, 4) is 0 Å². The molecule has 0 saturated carbocycles. The van der Waals surface area contributed by atoms with Crippen LogP contribution in [0.25, 0.3) is 16.5 Å². The maximum atomic E-state index is 13.8. The van der Waals surface area contributed by atoms with E-state index in [4.69, 9.17) is 11.5 Å². The summed E-state index contributed by atoms with van der Waals surface area (Å²) in [5, 5.41) is 4.37. The Balaban J connectivity index is 1.17. The first kappa shape index (κ1) is 31.6. The molecule has 1 aromatic carbocycles. The van der Waals surface area contributed by atoms with Crippen LogP contribution in [0.3, 0.4) is 0 Å². The number of carbonyl (C=O) groups excluding carboxylic acids is 2. The van der Waals surface area contributed by atoms with E-state index in [1.165, 1.54) is 4.90 Å². The quantitative estimate of drug-likeness (QED) is 0.163. The Bertz CT molecular complexity index is 1230. The van der Waals surface area contributed by atoms with Crippen molar-refractivity contribution in [3.05, 3.63) is 41.7 Å². The number of imide groups is 1. The molecule has 2 saturated heterocycles. The Morgan fingerprint density at radius 1 is 0.674 bits per heavy atom. The van der Waals surface area contributed by atoms with Gasteiger partial charge in [-0.1, -0.05) is 18.2 Å². The highest BCUT2D eigenvalue weighted by Gasteiger charge is 2.39. The van der Waals surface area contributed by atoms with Gasteiger partial charge in [-0.3, -0.25) is 14.5 Å². The number of amides is 2. The number of nitrogens with one attached hydrogen (secondary N) is 2. The molecular weight excluding hydrogens is 542 g/mol. The third-order valence-electron chi connectivity index (χ3n) is 9.12. The van der Waals surface area contributed by atoms with Gasteiger partial charge in [0, 0.05) is 88.1 Å². The minimum atomic E-state index is -0.203. The minimum Gasteiger partial charge on any atom is -0.380 e. The van der Waals surface area contributed by atoms with Gasteiger partial charge in [-0.05, 0) is 71.0 Å². The van der Waals surface area contributed by atoms with Crippen molar-refractivity contribution in [2.24, 2.45) is 11.5 Å². The van der Waals surface area contributed by atoms with Crippen LogP contribution in [0.2, 0.25) is 0 Å². The van der Waals surface area contributed by atoms with E-state index >= 15 is 0 Å². The molecule has 0 spiro atoms. The molecule has 0 atom stereocenters. The van der Waals surface area contributed by atoms with Gasteiger partial charge < -0.3 is 41.4 Å². The van der Waals surface area contributed by atoms with Crippen LogP contribution >= 0.6 is 0 Å². The SMILES string of the molecule is NCCCN1CCN(CCCNC2=C(c3c[nH]c4ccccc34)C(=O)N(CCCN3CCN(CCCN)CC3)C2=O)CC1. The van der Waals surface area contributed by atoms with Crippen LogP contribution in [0.5, 0.6) is 0 Å². The molecule has 0 unspecified atom stereocenters. The van der Waals surface area contributed by atoms with Gasteiger partial charge in [-0.2, -0.15) is 0 Å². The molecular formula is C32H51N9O2. The minimum absolute atomic E-state index is 0.197. The summed E-state index contributed by atoms with van der Waals surface area (Å²) in [6.45, 7) is 14.9. The van der Waals surface area contributed by atoms with Crippen LogP contribution in [-0.4, -0.2) is 146 Å². The van der Waals surface area contributed by atoms with Gasteiger partial charge in [0.15, 0.2) is 0 Å². The van der Waals surface area contributed by atoms with Gasteiger partial charge in [0.1, 0.15) is 5.70 Å². The molecule has 0 aliphatic carbocycles. The maximum absolute atomic E-state index is 13.8. The van der Waals surface area contributed by atoms with E-state index in [9.17, 15) is 9.59 Å². The molecule has 6 N–H and O–H groups in total. The highest BCUT2D eigenvalue weighted by Crippen LogP contribution is 2.33. The maximum Gasteiger partial charge on any atom is 0.277 e. The number of aromatic nitrogens is 1. The molecule has 4 heterocycles. The Morgan fingerprint density at radius 3 is 1.79 bits per heavy atom. The van der Waals surface area contributed by atoms with Gasteiger partial charge in [-0.15, -0.1) is 0 Å². The highest BCUT2D eigenvalue weighted by atomic mass is 16.2. The average molecular weight is 594 g/mol. The summed E-state index contributed by atoms with van der Waals surface area (Å²) in [6.07, 6.45) is 5.63. The smallest absolute Gasteiger partial charge is 0.277 e. The van der Waals surface area contributed by atoms with Gasteiger partial charge in [-0.25, -0.2) is 0 Å². The van der Waals surface area contributed by atoms with E-state index in [1.54, 1.807) is 0 Å². The third kappa shape index (κ3) is 8.03. The standard InChI is InChI=1S/C32H51N9O2/c33-9-3-12-37-17-21-39(22-18-37)14-5-11-35-30-29(27-25-36-28-8-2-1-7-26(27)28)31(42)41(32(30)43)16-6-15-40-23-19-38(20-24-40)13-4-10-34/h1-2,7-8,25,35-36H,3-6,9-24,33-34H2. The predicted octanol–water partition coefficient (Wildman–Crippen LogP) is 0.550. The molecule has 2 fully saturated rings. The zero-order chi connectivity index (χ0) is 30.0. The summed E-state index contributed by atoms with van der Waals surface area (Å²) in [6, 6.07) is 7.95. The number of para-hydroxylation sites is 1. The summed E-state index contributed by atoms with van der Waals surface area (Å²) >= 11 is 0. The fraction of sp³-hybridized carbons (Fsp3) is 0.625. The number of aromatic amines is 1. The van der Waals surface area contributed by atoms with Crippen molar-refractivity contribution in [3.63, 3.8) is 0 Å². The second kappa shape index (κ2) is 15.8. The first-order valence-electron chi connectivity index (χ1n) is 16.3. The zero-order valence-corrected chi connectivity index (χ0v) is 25.7. The number of nitrogens with two attached hydrogens (primary N) is 2. The Hall–Kier alpha value is -2.80. The van der Waals surface area contributed by atoms with Gasteiger partial charge in [0.2, 0.25) is 0 Å². The van der Waals surface area contributed by atoms with Crippen LogP contribution in [0, 0.1) is 0 Å². The van der Waals surface area contributed by atoms with E-state index in [0.29, 0.717) is 24.4 Å². The second-order valence-electron chi connectivity index (χ2n) is 12.0. The molecule has 0 bridgehead atoms. The third-order valence-corrected chi connectivity index (χ3v) is 9.12. The monoisotopic (exact) mass is 593 g/mol. The summed E-state index contributed by atoms with van der Waals surface area (Å²) in [7, 11) is 0. The molecule has 5 rings (SSSR count). The van der Waals surface area contributed by atoms with Crippen molar-refractivity contribution in [1.82, 2.24) is 34.8 Å². The number of rotatable bonds is 16. The number of hydrogen-bond donors (Lipinski definition) is 4. The first-order chi connectivity index (χ1) is 21.1.